The number of fused-ring (bicyclic) bond motifs is 8. The lowest BCUT2D eigenvalue weighted by Gasteiger charge is -2.34. The maximum absolute atomic E-state index is 12.6. The fourth-order valence-electron chi connectivity index (χ4n) is 11.1. The molecule has 1 aliphatic rings. The van der Waals surface area contributed by atoms with Crippen molar-refractivity contribution < 1.29 is 38.1 Å². The van der Waals surface area contributed by atoms with E-state index < -0.39 is 21.7 Å². The average molecular weight is 1020 g/mol. The van der Waals surface area contributed by atoms with Gasteiger partial charge in [0.1, 0.15) is 0 Å². The Morgan fingerprint density at radius 3 is 0.592 bits per heavy atom. The molecule has 12 heteroatoms. The van der Waals surface area contributed by atoms with Crippen molar-refractivity contribution in [2.75, 3.05) is 26.4 Å². The van der Waals surface area contributed by atoms with Crippen LogP contribution in [-0.2, 0) is 85.5 Å². The standard InChI is InChI=1S/C64H68N4O8/c1-9-73-57(69)37-41-13-21-45(22-14-41)61(5)49-29-31-51(65-49)62(6,46-23-15-42(16-24-46)38-58(70)74-10-2)53-33-35-55(67-53)64(8,48-27-19-44(20-28-48)40-60(72)76-12-4)56-36-34-54(68-56)63(7,52-32-30-50(61)66-52)47-25-17-43(18-26-47)39-59(71)75-11-3/h13-36,65-68H,9-12,37-40H2,1-8H3. The number of aromatic amines is 4. The van der Waals surface area contributed by atoms with Gasteiger partial charge in [0.15, 0.2) is 0 Å². The number of H-pyrrole nitrogens is 4. The Morgan fingerprint density at radius 1 is 0.289 bits per heavy atom. The molecule has 0 aliphatic carbocycles. The number of esters is 4. The van der Waals surface area contributed by atoms with E-state index in [9.17, 15) is 19.2 Å². The number of nitrogens with one attached hydrogen (secondary N) is 4. The summed E-state index contributed by atoms with van der Waals surface area (Å²) in [5, 5.41) is 0. The first-order valence-electron chi connectivity index (χ1n) is 26.4. The molecular formula is C64H68N4O8. The molecule has 0 amide bonds. The molecule has 0 fully saturated rings. The van der Waals surface area contributed by atoms with Crippen LogP contribution in [0.3, 0.4) is 0 Å². The summed E-state index contributed by atoms with van der Waals surface area (Å²) in [6, 6.07) is 50.1. The molecule has 8 bridgehead atoms. The van der Waals surface area contributed by atoms with E-state index in [0.717, 1.165) is 90.1 Å². The van der Waals surface area contributed by atoms with Gasteiger partial charge in [0.2, 0.25) is 0 Å². The van der Waals surface area contributed by atoms with E-state index in [1.807, 2.05) is 76.2 Å². The number of hydrogen-bond donors (Lipinski definition) is 4. The molecule has 12 nitrogen and oxygen atoms in total. The molecule has 0 spiro atoms. The topological polar surface area (TPSA) is 168 Å². The zero-order chi connectivity index (χ0) is 53.8. The largest absolute Gasteiger partial charge is 0.466 e. The van der Waals surface area contributed by atoms with Crippen LogP contribution in [0.15, 0.2) is 146 Å². The molecule has 0 atom stereocenters. The minimum Gasteiger partial charge on any atom is -0.466 e. The zero-order valence-electron chi connectivity index (χ0n) is 44.8. The van der Waals surface area contributed by atoms with Crippen molar-refractivity contribution in [3.63, 3.8) is 0 Å². The third-order valence-corrected chi connectivity index (χ3v) is 15.8. The van der Waals surface area contributed by atoms with Crippen molar-refractivity contribution in [1.29, 1.82) is 0 Å². The van der Waals surface area contributed by atoms with Crippen LogP contribution in [0, 0.1) is 0 Å². The van der Waals surface area contributed by atoms with Crippen molar-refractivity contribution in [2.45, 2.75) is 103 Å². The van der Waals surface area contributed by atoms with E-state index in [1.54, 1.807) is 0 Å². The molecular weight excluding hydrogens is 953 g/mol. The number of benzene rings is 4. The second-order valence-electron chi connectivity index (χ2n) is 20.4. The van der Waals surface area contributed by atoms with Crippen molar-refractivity contribution in [2.24, 2.45) is 0 Å². The Balaban J connectivity index is 1.28. The molecule has 0 radical (unpaired) electrons. The minimum absolute atomic E-state index is 0.161. The number of carbonyl (C=O) groups is 4. The highest BCUT2D eigenvalue weighted by atomic mass is 16.5. The summed E-state index contributed by atoms with van der Waals surface area (Å²) in [5.74, 6) is -1.11. The minimum atomic E-state index is -0.801. The fraction of sp³-hybridized carbons (Fsp3) is 0.312. The van der Waals surface area contributed by atoms with Crippen LogP contribution in [0.5, 0.6) is 0 Å². The first kappa shape index (κ1) is 52.7. The summed E-state index contributed by atoms with van der Waals surface area (Å²) in [6.45, 7) is 17.4. The smallest absolute Gasteiger partial charge is 0.310 e. The molecule has 4 aromatic heterocycles. The Labute approximate surface area is 445 Å². The molecule has 8 aromatic rings. The normalized spacial score (nSPS) is 19.9. The number of carbonyl (C=O) groups excluding carboxylic acids is 4. The van der Waals surface area contributed by atoms with Crippen LogP contribution in [0.4, 0.5) is 0 Å². The molecule has 76 heavy (non-hydrogen) atoms. The Kier molecular flexibility index (Phi) is 15.0. The van der Waals surface area contributed by atoms with E-state index in [4.69, 9.17) is 18.9 Å². The number of rotatable bonds is 16. The van der Waals surface area contributed by atoms with Crippen molar-refractivity contribution in [1.82, 2.24) is 19.9 Å². The van der Waals surface area contributed by atoms with Gasteiger partial charge in [-0.2, -0.15) is 0 Å². The van der Waals surface area contributed by atoms with Gasteiger partial charge in [-0.05, 0) is 148 Å². The van der Waals surface area contributed by atoms with Crippen LogP contribution in [0.25, 0.3) is 0 Å². The Morgan fingerprint density at radius 2 is 0.447 bits per heavy atom. The van der Waals surface area contributed by atoms with Gasteiger partial charge in [-0.15, -0.1) is 0 Å². The molecule has 4 N–H and O–H groups in total. The number of hydrogen-bond acceptors (Lipinski definition) is 8. The van der Waals surface area contributed by atoms with E-state index in [1.165, 1.54) is 0 Å². The van der Waals surface area contributed by atoms with Gasteiger partial charge < -0.3 is 38.9 Å². The van der Waals surface area contributed by atoms with Gasteiger partial charge in [0.05, 0.1) is 73.8 Å². The predicted octanol–water partition coefficient (Wildman–Crippen LogP) is 11.2. The SMILES string of the molecule is CCOC(=O)Cc1ccc(C2(C)c3ccc([nH]3)C(C)(c3ccc(CC(=O)OCC)cc3)c3ccc([nH]3)C(C)(c3ccc(CC(=O)OCC)cc3)c3ccc([nH]3)C(C)(c3ccc(CC(=O)OCC)cc3)c3ccc2[nH]3)cc1. The average Bonchev–Trinajstić information content (AvgIpc) is 4.42. The van der Waals surface area contributed by atoms with Gasteiger partial charge in [-0.3, -0.25) is 19.2 Å². The molecule has 5 heterocycles. The van der Waals surface area contributed by atoms with E-state index in [-0.39, 0.29) is 49.6 Å². The quantitative estimate of drug-likeness (QED) is 0.0548. The second kappa shape index (κ2) is 21.6. The van der Waals surface area contributed by atoms with Crippen molar-refractivity contribution in [3.05, 3.63) is 236 Å². The Hall–Kier alpha value is -8.12. The van der Waals surface area contributed by atoms with Gasteiger partial charge in [-0.1, -0.05) is 97.1 Å². The highest BCUT2D eigenvalue weighted by Gasteiger charge is 2.44. The summed E-state index contributed by atoms with van der Waals surface area (Å²) in [7, 11) is 0. The first-order chi connectivity index (χ1) is 36.6. The Bertz CT molecular complexity index is 2810. The van der Waals surface area contributed by atoms with Crippen LogP contribution < -0.4 is 0 Å². The van der Waals surface area contributed by atoms with Gasteiger partial charge in [0.25, 0.3) is 0 Å². The lowest BCUT2D eigenvalue weighted by Crippen LogP contribution is -2.32. The maximum atomic E-state index is 12.6. The molecule has 0 saturated heterocycles. The number of aromatic nitrogens is 4. The monoisotopic (exact) mass is 1020 g/mol. The van der Waals surface area contributed by atoms with E-state index in [2.05, 4.69) is 145 Å². The second-order valence-corrected chi connectivity index (χ2v) is 20.4. The summed E-state index contributed by atoms with van der Waals surface area (Å²) >= 11 is 0. The summed E-state index contributed by atoms with van der Waals surface area (Å²) in [5.41, 5.74) is 11.6. The molecule has 9 rings (SSSR count). The lowest BCUT2D eigenvalue weighted by atomic mass is 9.75. The van der Waals surface area contributed by atoms with Gasteiger partial charge in [-0.25, -0.2) is 0 Å². The summed E-state index contributed by atoms with van der Waals surface area (Å²) in [6.07, 6.45) is 0.643. The lowest BCUT2D eigenvalue weighted by molar-refractivity contribution is -0.143. The van der Waals surface area contributed by atoms with Crippen molar-refractivity contribution >= 4 is 23.9 Å². The third kappa shape index (κ3) is 9.84. The molecule has 0 saturated carbocycles. The van der Waals surface area contributed by atoms with Gasteiger partial charge in [0, 0.05) is 45.6 Å². The first-order valence-corrected chi connectivity index (χ1v) is 26.4. The zero-order valence-corrected chi connectivity index (χ0v) is 44.8. The van der Waals surface area contributed by atoms with E-state index >= 15 is 0 Å². The number of ether oxygens (including phenoxy) is 4. The molecule has 392 valence electrons. The molecule has 0 unspecified atom stereocenters. The fourth-order valence-corrected chi connectivity index (χ4v) is 11.1. The third-order valence-electron chi connectivity index (χ3n) is 15.8. The van der Waals surface area contributed by atoms with Gasteiger partial charge >= 0.3 is 23.9 Å². The van der Waals surface area contributed by atoms with E-state index in [0.29, 0.717) is 26.4 Å². The molecule has 1 aliphatic heterocycles. The summed E-state index contributed by atoms with van der Waals surface area (Å²) in [4.78, 5) is 66.6. The van der Waals surface area contributed by atoms with Crippen LogP contribution in [0.2, 0.25) is 0 Å². The summed E-state index contributed by atoms with van der Waals surface area (Å²) < 4.78 is 21.2. The maximum Gasteiger partial charge on any atom is 0.310 e. The highest BCUT2D eigenvalue weighted by Crippen LogP contribution is 2.48. The van der Waals surface area contributed by atoms with Crippen LogP contribution in [0.1, 0.15) is 145 Å². The van der Waals surface area contributed by atoms with Crippen LogP contribution in [-0.4, -0.2) is 70.2 Å². The van der Waals surface area contributed by atoms with Crippen LogP contribution >= 0.6 is 0 Å². The highest BCUT2D eigenvalue weighted by molar-refractivity contribution is 5.74. The predicted molar refractivity (Wildman–Crippen MR) is 293 cm³/mol. The molecule has 4 aromatic carbocycles. The van der Waals surface area contributed by atoms with Crippen molar-refractivity contribution in [3.8, 4) is 0 Å².